The second kappa shape index (κ2) is 6.40. The van der Waals surface area contributed by atoms with E-state index in [2.05, 4.69) is 15.9 Å². The number of alkyl halides is 1. The number of halogens is 3. The van der Waals surface area contributed by atoms with Crippen LogP contribution >= 0.6 is 27.5 Å². The number of hydrogen-bond acceptors (Lipinski definition) is 1. The molecule has 0 unspecified atom stereocenters. The average Bonchev–Trinajstić information content (AvgIpc) is 2.40. The van der Waals surface area contributed by atoms with Crippen molar-refractivity contribution in [1.82, 2.24) is 0 Å². The lowest BCUT2D eigenvalue weighted by Gasteiger charge is -2.24. The molecule has 0 aliphatic carbocycles. The van der Waals surface area contributed by atoms with Gasteiger partial charge in [-0.15, -0.1) is 11.6 Å². The zero-order valence-electron chi connectivity index (χ0n) is 10.5. The van der Waals surface area contributed by atoms with Crippen LogP contribution in [0, 0.1) is 5.82 Å². The molecule has 0 fully saturated rings. The first-order valence-corrected chi connectivity index (χ1v) is 7.36. The van der Waals surface area contributed by atoms with Crippen LogP contribution in [0.15, 0.2) is 46.9 Å². The van der Waals surface area contributed by atoms with Gasteiger partial charge in [-0.1, -0.05) is 28.1 Å². The van der Waals surface area contributed by atoms with E-state index in [-0.39, 0.29) is 5.82 Å². The highest BCUT2D eigenvalue weighted by Crippen LogP contribution is 2.30. The van der Waals surface area contributed by atoms with E-state index in [1.165, 1.54) is 12.1 Å². The molecule has 0 N–H and O–H groups in total. The van der Waals surface area contributed by atoms with Crippen molar-refractivity contribution >= 4 is 38.9 Å². The molecule has 0 saturated heterocycles. The molecule has 100 valence electrons. The second-order valence-corrected chi connectivity index (χ2v) is 5.26. The Kier molecular flexibility index (Phi) is 4.83. The van der Waals surface area contributed by atoms with E-state index < -0.39 is 0 Å². The van der Waals surface area contributed by atoms with Gasteiger partial charge in [0.15, 0.2) is 0 Å². The largest absolute Gasteiger partial charge is 0.342 e. The molecular formula is C15H14BrClFN. The standard InChI is InChI=1S/C15H14BrClFN/c1-2-19(13-5-3-4-12(18)8-13)14-7-6-11(10-17)15(16)9-14/h3-9H,2,10H2,1H3. The van der Waals surface area contributed by atoms with E-state index in [4.69, 9.17) is 11.6 Å². The van der Waals surface area contributed by atoms with E-state index in [9.17, 15) is 4.39 Å². The minimum atomic E-state index is -0.229. The second-order valence-electron chi connectivity index (χ2n) is 4.13. The van der Waals surface area contributed by atoms with Gasteiger partial charge in [-0.25, -0.2) is 4.39 Å². The van der Waals surface area contributed by atoms with Crippen LogP contribution in [0.4, 0.5) is 15.8 Å². The maximum atomic E-state index is 13.3. The first kappa shape index (κ1) is 14.4. The minimum absolute atomic E-state index is 0.229. The molecule has 0 bridgehead atoms. The summed E-state index contributed by atoms with van der Waals surface area (Å²) in [4.78, 5) is 2.05. The third kappa shape index (κ3) is 3.28. The summed E-state index contributed by atoms with van der Waals surface area (Å²) >= 11 is 9.35. The van der Waals surface area contributed by atoms with Crippen molar-refractivity contribution in [3.8, 4) is 0 Å². The zero-order chi connectivity index (χ0) is 13.8. The van der Waals surface area contributed by atoms with Crippen molar-refractivity contribution in [1.29, 1.82) is 0 Å². The highest BCUT2D eigenvalue weighted by atomic mass is 79.9. The van der Waals surface area contributed by atoms with Gasteiger partial charge in [-0.3, -0.25) is 0 Å². The SMILES string of the molecule is CCN(c1cccc(F)c1)c1ccc(CCl)c(Br)c1. The Bertz CT molecular complexity index is 574. The number of benzene rings is 2. The van der Waals surface area contributed by atoms with E-state index in [1.807, 2.05) is 36.1 Å². The average molecular weight is 343 g/mol. The maximum absolute atomic E-state index is 13.3. The molecule has 2 aromatic carbocycles. The van der Waals surface area contributed by atoms with E-state index in [0.29, 0.717) is 5.88 Å². The van der Waals surface area contributed by atoms with Crippen molar-refractivity contribution in [3.05, 3.63) is 58.3 Å². The van der Waals surface area contributed by atoms with Crippen LogP contribution in [0.3, 0.4) is 0 Å². The van der Waals surface area contributed by atoms with Gasteiger partial charge in [-0.2, -0.15) is 0 Å². The van der Waals surface area contributed by atoms with E-state index in [0.717, 1.165) is 28.0 Å². The zero-order valence-corrected chi connectivity index (χ0v) is 12.9. The molecule has 0 aliphatic rings. The Labute approximate surface area is 126 Å². The molecule has 0 aromatic heterocycles. The first-order valence-electron chi connectivity index (χ1n) is 6.03. The summed E-state index contributed by atoms with van der Waals surface area (Å²) in [5.41, 5.74) is 2.89. The molecule has 0 saturated carbocycles. The predicted octanol–water partition coefficient (Wildman–Crippen LogP) is 5.49. The molecule has 0 aliphatic heterocycles. The van der Waals surface area contributed by atoms with Gasteiger partial charge < -0.3 is 4.90 Å². The lowest BCUT2D eigenvalue weighted by molar-refractivity contribution is 0.627. The van der Waals surface area contributed by atoms with Gasteiger partial charge in [-0.05, 0) is 42.8 Å². The fraction of sp³-hybridized carbons (Fsp3) is 0.200. The van der Waals surface area contributed by atoms with Crippen LogP contribution in [0.25, 0.3) is 0 Å². The minimum Gasteiger partial charge on any atom is -0.342 e. The molecule has 0 atom stereocenters. The predicted molar refractivity (Wildman–Crippen MR) is 82.8 cm³/mol. The lowest BCUT2D eigenvalue weighted by atomic mass is 10.2. The van der Waals surface area contributed by atoms with Crippen molar-refractivity contribution in [3.63, 3.8) is 0 Å². The highest BCUT2D eigenvalue weighted by molar-refractivity contribution is 9.10. The van der Waals surface area contributed by atoms with Crippen LogP contribution in [-0.2, 0) is 5.88 Å². The van der Waals surface area contributed by atoms with Gasteiger partial charge in [0.05, 0.1) is 0 Å². The molecule has 0 spiro atoms. The fourth-order valence-corrected chi connectivity index (χ4v) is 2.87. The Balaban J connectivity index is 2.39. The smallest absolute Gasteiger partial charge is 0.125 e. The number of hydrogen-bond donors (Lipinski definition) is 0. The molecule has 4 heteroatoms. The maximum Gasteiger partial charge on any atom is 0.125 e. The van der Waals surface area contributed by atoms with Gasteiger partial charge in [0.1, 0.15) is 5.82 Å². The third-order valence-electron chi connectivity index (χ3n) is 2.93. The summed E-state index contributed by atoms with van der Waals surface area (Å²) in [5.74, 6) is 0.236. The monoisotopic (exact) mass is 341 g/mol. The summed E-state index contributed by atoms with van der Waals surface area (Å²) < 4.78 is 14.3. The van der Waals surface area contributed by atoms with Crippen LogP contribution in [-0.4, -0.2) is 6.54 Å². The van der Waals surface area contributed by atoms with Crippen molar-refractivity contribution < 1.29 is 4.39 Å². The summed E-state index contributed by atoms with van der Waals surface area (Å²) in [7, 11) is 0. The van der Waals surface area contributed by atoms with Gasteiger partial charge in [0.25, 0.3) is 0 Å². The molecule has 0 amide bonds. The van der Waals surface area contributed by atoms with Crippen molar-refractivity contribution in [2.24, 2.45) is 0 Å². The summed E-state index contributed by atoms with van der Waals surface area (Å²) in [6, 6.07) is 12.6. The van der Waals surface area contributed by atoms with Crippen LogP contribution in [0.1, 0.15) is 12.5 Å². The number of rotatable bonds is 4. The molecule has 2 rings (SSSR count). The highest BCUT2D eigenvalue weighted by Gasteiger charge is 2.09. The Hall–Kier alpha value is -1.06. The summed E-state index contributed by atoms with van der Waals surface area (Å²) in [6.45, 7) is 2.80. The van der Waals surface area contributed by atoms with Gasteiger partial charge in [0, 0.05) is 28.3 Å². The number of anilines is 2. The molecule has 0 radical (unpaired) electrons. The fourth-order valence-electron chi connectivity index (χ4n) is 1.97. The third-order valence-corrected chi connectivity index (χ3v) is 3.95. The Morgan fingerprint density at radius 2 is 1.89 bits per heavy atom. The Morgan fingerprint density at radius 3 is 2.47 bits per heavy atom. The lowest BCUT2D eigenvalue weighted by Crippen LogP contribution is -2.16. The molecule has 0 heterocycles. The van der Waals surface area contributed by atoms with E-state index in [1.54, 1.807) is 6.07 Å². The van der Waals surface area contributed by atoms with Crippen LogP contribution in [0.5, 0.6) is 0 Å². The quantitative estimate of drug-likeness (QED) is 0.665. The summed E-state index contributed by atoms with van der Waals surface area (Å²) in [6.07, 6.45) is 0. The molecule has 1 nitrogen and oxygen atoms in total. The van der Waals surface area contributed by atoms with E-state index >= 15 is 0 Å². The molecule has 2 aromatic rings. The normalized spacial score (nSPS) is 10.5. The number of nitrogens with zero attached hydrogens (tertiary/aromatic N) is 1. The summed E-state index contributed by atoms with van der Waals surface area (Å²) in [5, 5.41) is 0. The van der Waals surface area contributed by atoms with Crippen LogP contribution in [0.2, 0.25) is 0 Å². The van der Waals surface area contributed by atoms with Crippen LogP contribution < -0.4 is 4.90 Å². The van der Waals surface area contributed by atoms with Gasteiger partial charge in [0.2, 0.25) is 0 Å². The molecule has 19 heavy (non-hydrogen) atoms. The first-order chi connectivity index (χ1) is 9.15. The van der Waals surface area contributed by atoms with Crippen molar-refractivity contribution in [2.75, 3.05) is 11.4 Å². The topological polar surface area (TPSA) is 3.24 Å². The van der Waals surface area contributed by atoms with Gasteiger partial charge >= 0.3 is 0 Å². The Morgan fingerprint density at radius 1 is 1.16 bits per heavy atom. The van der Waals surface area contributed by atoms with Crippen molar-refractivity contribution in [2.45, 2.75) is 12.8 Å². The molecular weight excluding hydrogens is 329 g/mol.